The van der Waals surface area contributed by atoms with Gasteiger partial charge in [0.05, 0.1) is 18.2 Å². The van der Waals surface area contributed by atoms with Gasteiger partial charge in [-0.15, -0.1) is 11.3 Å². The molecule has 1 unspecified atom stereocenters. The second kappa shape index (κ2) is 4.97. The van der Waals surface area contributed by atoms with Gasteiger partial charge in [-0.2, -0.15) is 0 Å². The maximum Gasteiger partial charge on any atom is 0.307 e. The quantitative estimate of drug-likeness (QED) is 0.914. The molecule has 18 heavy (non-hydrogen) atoms. The molecule has 1 aromatic heterocycles. The molecule has 2 heterocycles. The number of rotatable bonds is 3. The number of hydrogen-bond acceptors (Lipinski definition) is 4. The van der Waals surface area contributed by atoms with Crippen molar-refractivity contribution in [2.24, 2.45) is 5.92 Å². The van der Waals surface area contributed by atoms with Crippen LogP contribution in [-0.4, -0.2) is 34.0 Å². The van der Waals surface area contributed by atoms with E-state index in [4.69, 9.17) is 5.11 Å². The predicted octanol–water partition coefficient (Wildman–Crippen LogP) is 2.35. The van der Waals surface area contributed by atoms with Crippen molar-refractivity contribution in [3.05, 3.63) is 16.1 Å². The van der Waals surface area contributed by atoms with Gasteiger partial charge in [0.1, 0.15) is 5.01 Å². The van der Waals surface area contributed by atoms with E-state index in [1.165, 1.54) is 0 Å². The fourth-order valence-corrected chi connectivity index (χ4v) is 3.16. The molecule has 100 valence electrons. The summed E-state index contributed by atoms with van der Waals surface area (Å²) in [5.41, 5.74) is 1.21. The predicted molar refractivity (Wildman–Crippen MR) is 71.8 cm³/mol. The average Bonchev–Trinajstić information content (AvgIpc) is 2.85. The number of nitrogens with zero attached hydrogens (tertiary/aromatic N) is 2. The smallest absolute Gasteiger partial charge is 0.307 e. The summed E-state index contributed by atoms with van der Waals surface area (Å²) in [6.45, 7) is 8.76. The van der Waals surface area contributed by atoms with Crippen LogP contribution in [-0.2, 0) is 16.8 Å². The molecule has 1 aromatic rings. The van der Waals surface area contributed by atoms with E-state index in [2.05, 4.69) is 36.0 Å². The molecule has 1 N–H and O–H groups in total. The van der Waals surface area contributed by atoms with E-state index < -0.39 is 5.97 Å². The van der Waals surface area contributed by atoms with Crippen molar-refractivity contribution in [1.82, 2.24) is 9.88 Å². The maximum absolute atomic E-state index is 10.9. The topological polar surface area (TPSA) is 53.4 Å². The number of hydrogen-bond donors (Lipinski definition) is 1. The van der Waals surface area contributed by atoms with Gasteiger partial charge in [-0.05, 0) is 13.0 Å². The standard InChI is InChI=1S/C13H20N2O2S/c1-13(2,3)10-8-18-11(14-10)7-15-5-4-9(6-15)12(16)17/h8-9H,4-7H2,1-3H3,(H,16,17). The highest BCUT2D eigenvalue weighted by atomic mass is 32.1. The van der Waals surface area contributed by atoms with Crippen LogP contribution in [0.3, 0.4) is 0 Å². The molecule has 5 heteroatoms. The fourth-order valence-electron chi connectivity index (χ4n) is 2.10. The summed E-state index contributed by atoms with van der Waals surface area (Å²) in [7, 11) is 0. The van der Waals surface area contributed by atoms with E-state index in [1.807, 2.05) is 0 Å². The van der Waals surface area contributed by atoms with Crippen molar-refractivity contribution in [2.75, 3.05) is 13.1 Å². The molecule has 0 aromatic carbocycles. The zero-order chi connectivity index (χ0) is 13.3. The van der Waals surface area contributed by atoms with E-state index in [9.17, 15) is 4.79 Å². The van der Waals surface area contributed by atoms with Crippen LogP contribution >= 0.6 is 11.3 Å². The lowest BCUT2D eigenvalue weighted by Gasteiger charge is -2.15. The Balaban J connectivity index is 1.95. The SMILES string of the molecule is CC(C)(C)c1csc(CN2CCC(C(=O)O)C2)n1. The highest BCUT2D eigenvalue weighted by Crippen LogP contribution is 2.26. The zero-order valence-electron chi connectivity index (χ0n) is 11.1. The average molecular weight is 268 g/mol. The van der Waals surface area contributed by atoms with Gasteiger partial charge in [0, 0.05) is 17.3 Å². The van der Waals surface area contributed by atoms with Crippen LogP contribution < -0.4 is 0 Å². The van der Waals surface area contributed by atoms with Crippen molar-refractivity contribution in [3.8, 4) is 0 Å². The molecular formula is C13H20N2O2S. The van der Waals surface area contributed by atoms with E-state index >= 15 is 0 Å². The third-order valence-corrected chi connectivity index (χ3v) is 4.13. The Hall–Kier alpha value is -0.940. The van der Waals surface area contributed by atoms with Crippen molar-refractivity contribution in [2.45, 2.75) is 39.2 Å². The summed E-state index contributed by atoms with van der Waals surface area (Å²) < 4.78 is 0. The van der Waals surface area contributed by atoms with Crippen LogP contribution in [0.25, 0.3) is 0 Å². The second-order valence-electron chi connectivity index (χ2n) is 5.94. The molecule has 4 nitrogen and oxygen atoms in total. The number of carboxylic acids is 1. The van der Waals surface area contributed by atoms with Gasteiger partial charge in [-0.3, -0.25) is 9.69 Å². The molecule has 1 fully saturated rings. The van der Waals surface area contributed by atoms with Crippen molar-refractivity contribution < 1.29 is 9.90 Å². The summed E-state index contributed by atoms with van der Waals surface area (Å²) in [6.07, 6.45) is 0.757. The van der Waals surface area contributed by atoms with Gasteiger partial charge in [0.2, 0.25) is 0 Å². The van der Waals surface area contributed by atoms with Crippen LogP contribution in [0.2, 0.25) is 0 Å². The molecular weight excluding hydrogens is 248 g/mol. The van der Waals surface area contributed by atoms with E-state index in [1.54, 1.807) is 11.3 Å². The first-order valence-corrected chi connectivity index (χ1v) is 7.14. The number of likely N-dealkylation sites (tertiary alicyclic amines) is 1. The molecule has 0 radical (unpaired) electrons. The maximum atomic E-state index is 10.9. The third kappa shape index (κ3) is 3.09. The molecule has 0 bridgehead atoms. The number of aromatic nitrogens is 1. The largest absolute Gasteiger partial charge is 0.481 e. The Bertz CT molecular complexity index is 436. The first kappa shape index (κ1) is 13.5. The van der Waals surface area contributed by atoms with E-state index in [-0.39, 0.29) is 11.3 Å². The van der Waals surface area contributed by atoms with Crippen LogP contribution in [0.1, 0.15) is 37.9 Å². The summed E-state index contributed by atoms with van der Waals surface area (Å²) in [6, 6.07) is 0. The minimum Gasteiger partial charge on any atom is -0.481 e. The lowest BCUT2D eigenvalue weighted by molar-refractivity contribution is -0.141. The molecule has 0 amide bonds. The Morgan fingerprint density at radius 2 is 2.33 bits per heavy atom. The van der Waals surface area contributed by atoms with Crippen molar-refractivity contribution in [1.29, 1.82) is 0 Å². The molecule has 0 spiro atoms. The van der Waals surface area contributed by atoms with Gasteiger partial charge < -0.3 is 5.11 Å². The summed E-state index contributed by atoms with van der Waals surface area (Å²) >= 11 is 1.67. The van der Waals surface area contributed by atoms with Gasteiger partial charge in [0.25, 0.3) is 0 Å². The Morgan fingerprint density at radius 3 is 2.83 bits per heavy atom. The summed E-state index contributed by atoms with van der Waals surface area (Å²) in [5, 5.41) is 12.2. The van der Waals surface area contributed by atoms with Gasteiger partial charge in [0.15, 0.2) is 0 Å². The third-order valence-electron chi connectivity index (χ3n) is 3.30. The fraction of sp³-hybridized carbons (Fsp3) is 0.692. The minimum atomic E-state index is -0.674. The van der Waals surface area contributed by atoms with Crippen LogP contribution in [0.15, 0.2) is 5.38 Å². The first-order valence-electron chi connectivity index (χ1n) is 6.26. The molecule has 1 aliphatic heterocycles. The van der Waals surface area contributed by atoms with Crippen molar-refractivity contribution in [3.63, 3.8) is 0 Å². The normalized spacial score (nSPS) is 21.4. The number of carbonyl (C=O) groups is 1. The lowest BCUT2D eigenvalue weighted by atomic mass is 9.93. The number of thiazole rings is 1. The first-order chi connectivity index (χ1) is 8.36. The molecule has 2 rings (SSSR count). The molecule has 1 atom stereocenters. The Morgan fingerprint density at radius 1 is 1.61 bits per heavy atom. The Labute approximate surface area is 112 Å². The summed E-state index contributed by atoms with van der Waals surface area (Å²) in [5.74, 6) is -0.876. The van der Waals surface area contributed by atoms with Crippen LogP contribution in [0, 0.1) is 5.92 Å². The number of carboxylic acid groups (broad SMARTS) is 1. The van der Waals surface area contributed by atoms with Crippen LogP contribution in [0.5, 0.6) is 0 Å². The molecule has 0 aliphatic carbocycles. The minimum absolute atomic E-state index is 0.0867. The van der Waals surface area contributed by atoms with Gasteiger partial charge in [-0.1, -0.05) is 20.8 Å². The van der Waals surface area contributed by atoms with Crippen LogP contribution in [0.4, 0.5) is 0 Å². The second-order valence-corrected chi connectivity index (χ2v) is 6.88. The molecule has 1 aliphatic rings. The van der Waals surface area contributed by atoms with Gasteiger partial charge in [-0.25, -0.2) is 4.98 Å². The molecule has 1 saturated heterocycles. The number of aliphatic carboxylic acids is 1. The summed E-state index contributed by atoms with van der Waals surface area (Å²) in [4.78, 5) is 17.7. The zero-order valence-corrected chi connectivity index (χ0v) is 12.0. The Kier molecular flexibility index (Phi) is 3.73. The highest BCUT2D eigenvalue weighted by molar-refractivity contribution is 7.09. The molecule has 0 saturated carbocycles. The van der Waals surface area contributed by atoms with E-state index in [0.717, 1.165) is 30.2 Å². The van der Waals surface area contributed by atoms with Crippen molar-refractivity contribution >= 4 is 17.3 Å². The highest BCUT2D eigenvalue weighted by Gasteiger charge is 2.28. The van der Waals surface area contributed by atoms with Gasteiger partial charge >= 0.3 is 5.97 Å². The lowest BCUT2D eigenvalue weighted by Crippen LogP contribution is -2.23. The monoisotopic (exact) mass is 268 g/mol. The van der Waals surface area contributed by atoms with E-state index in [0.29, 0.717) is 6.54 Å².